The molecule has 1 aliphatic heterocycles. The Bertz CT molecular complexity index is 493. The van der Waals surface area contributed by atoms with Gasteiger partial charge < -0.3 is 15.4 Å². The van der Waals surface area contributed by atoms with Gasteiger partial charge in [-0.3, -0.25) is 4.79 Å². The predicted molar refractivity (Wildman–Crippen MR) is 84.7 cm³/mol. The number of hydrogen-bond donors (Lipinski definition) is 1. The Morgan fingerprint density at radius 3 is 3.00 bits per heavy atom. The lowest BCUT2D eigenvalue weighted by Crippen LogP contribution is -2.29. The number of carbonyl (C=O) groups excluding carboxylic acids is 1. The predicted octanol–water partition coefficient (Wildman–Crippen LogP) is 2.61. The number of ether oxygens (including phenoxy) is 1. The van der Waals surface area contributed by atoms with Crippen LogP contribution < -0.4 is 10.5 Å². The number of halogens is 1. The van der Waals surface area contributed by atoms with Crippen LogP contribution in [0.25, 0.3) is 0 Å². The maximum Gasteiger partial charge on any atom is 0.222 e. The SMILES string of the molecule is Cc1cc(OCCCC(=O)N2CC[C@H](CN)C2)ccc1Cl. The molecule has 1 heterocycles. The maximum atomic E-state index is 12.0. The van der Waals surface area contributed by atoms with Gasteiger partial charge in [-0.1, -0.05) is 11.6 Å². The molecule has 2 N–H and O–H groups in total. The van der Waals surface area contributed by atoms with Crippen LogP contribution in [0, 0.1) is 12.8 Å². The first-order chi connectivity index (χ1) is 10.1. The molecule has 4 nitrogen and oxygen atoms in total. The molecular weight excluding hydrogens is 288 g/mol. The molecule has 1 atom stereocenters. The molecule has 1 aromatic rings. The van der Waals surface area contributed by atoms with Gasteiger partial charge in [0.2, 0.25) is 5.91 Å². The summed E-state index contributed by atoms with van der Waals surface area (Å²) in [6.07, 6.45) is 2.29. The molecule has 0 radical (unpaired) electrons. The average molecular weight is 311 g/mol. The lowest BCUT2D eigenvalue weighted by molar-refractivity contribution is -0.130. The van der Waals surface area contributed by atoms with Crippen LogP contribution in [0.5, 0.6) is 5.75 Å². The van der Waals surface area contributed by atoms with Crippen LogP contribution in [0.2, 0.25) is 5.02 Å². The number of aryl methyl sites for hydroxylation is 1. The van der Waals surface area contributed by atoms with Gasteiger partial charge >= 0.3 is 0 Å². The van der Waals surface area contributed by atoms with Crippen molar-refractivity contribution in [3.8, 4) is 5.75 Å². The van der Waals surface area contributed by atoms with E-state index in [1.165, 1.54) is 0 Å². The van der Waals surface area contributed by atoms with E-state index in [2.05, 4.69) is 0 Å². The molecule has 0 spiro atoms. The van der Waals surface area contributed by atoms with E-state index in [9.17, 15) is 4.79 Å². The van der Waals surface area contributed by atoms with Crippen molar-refractivity contribution in [2.24, 2.45) is 11.7 Å². The smallest absolute Gasteiger partial charge is 0.222 e. The first-order valence-corrected chi connectivity index (χ1v) is 7.84. The molecule has 21 heavy (non-hydrogen) atoms. The number of carbonyl (C=O) groups is 1. The molecule has 1 aromatic carbocycles. The van der Waals surface area contributed by atoms with Gasteiger partial charge in [-0.05, 0) is 56.0 Å². The van der Waals surface area contributed by atoms with Crippen molar-refractivity contribution in [1.29, 1.82) is 0 Å². The van der Waals surface area contributed by atoms with Crippen LogP contribution in [-0.4, -0.2) is 37.0 Å². The molecule has 0 aliphatic carbocycles. The Hall–Kier alpha value is -1.26. The molecule has 2 rings (SSSR count). The zero-order chi connectivity index (χ0) is 15.2. The number of hydrogen-bond acceptors (Lipinski definition) is 3. The van der Waals surface area contributed by atoms with Crippen LogP contribution in [0.1, 0.15) is 24.8 Å². The summed E-state index contributed by atoms with van der Waals surface area (Å²) in [6.45, 7) is 4.81. The lowest BCUT2D eigenvalue weighted by Gasteiger charge is -2.16. The Labute approximate surface area is 131 Å². The van der Waals surface area contributed by atoms with Crippen LogP contribution >= 0.6 is 11.6 Å². The van der Waals surface area contributed by atoms with E-state index < -0.39 is 0 Å². The maximum absolute atomic E-state index is 12.0. The largest absolute Gasteiger partial charge is 0.494 e. The molecule has 116 valence electrons. The van der Waals surface area contributed by atoms with E-state index in [1.54, 1.807) is 0 Å². The molecule has 1 fully saturated rings. The fourth-order valence-corrected chi connectivity index (χ4v) is 2.65. The number of rotatable bonds is 6. The minimum absolute atomic E-state index is 0.210. The van der Waals surface area contributed by atoms with Gasteiger partial charge in [0.25, 0.3) is 0 Å². The minimum atomic E-state index is 0.210. The summed E-state index contributed by atoms with van der Waals surface area (Å²) >= 11 is 5.97. The van der Waals surface area contributed by atoms with Gasteiger partial charge in [0.15, 0.2) is 0 Å². The van der Waals surface area contributed by atoms with Crippen LogP contribution in [-0.2, 0) is 4.79 Å². The number of likely N-dealkylation sites (tertiary alicyclic amines) is 1. The second kappa shape index (κ2) is 7.66. The second-order valence-electron chi connectivity index (χ2n) is 5.59. The van der Waals surface area contributed by atoms with E-state index in [4.69, 9.17) is 22.1 Å². The molecule has 0 saturated carbocycles. The molecule has 1 amide bonds. The monoisotopic (exact) mass is 310 g/mol. The summed E-state index contributed by atoms with van der Waals surface area (Å²) < 4.78 is 5.65. The fraction of sp³-hybridized carbons (Fsp3) is 0.562. The van der Waals surface area contributed by atoms with E-state index in [1.807, 2.05) is 30.0 Å². The third-order valence-electron chi connectivity index (χ3n) is 3.91. The zero-order valence-electron chi connectivity index (χ0n) is 12.5. The third-order valence-corrected chi connectivity index (χ3v) is 4.33. The normalized spacial score (nSPS) is 18.0. The second-order valence-corrected chi connectivity index (χ2v) is 6.00. The van der Waals surface area contributed by atoms with Gasteiger partial charge in [0.05, 0.1) is 6.61 Å². The third kappa shape index (κ3) is 4.61. The highest BCUT2D eigenvalue weighted by atomic mass is 35.5. The minimum Gasteiger partial charge on any atom is -0.494 e. The molecule has 1 saturated heterocycles. The molecular formula is C16H23ClN2O2. The standard InChI is InChI=1S/C16H23ClN2O2/c1-12-9-14(4-5-15(12)17)21-8-2-3-16(20)19-7-6-13(10-18)11-19/h4-5,9,13H,2-3,6-8,10-11,18H2,1H3/t13-/m1/s1. The topological polar surface area (TPSA) is 55.6 Å². The molecule has 0 aromatic heterocycles. The van der Waals surface area contributed by atoms with Gasteiger partial charge in [-0.25, -0.2) is 0 Å². The van der Waals surface area contributed by atoms with Crippen molar-refractivity contribution in [2.45, 2.75) is 26.2 Å². The highest BCUT2D eigenvalue weighted by molar-refractivity contribution is 6.31. The summed E-state index contributed by atoms with van der Waals surface area (Å²) in [5.74, 6) is 1.48. The summed E-state index contributed by atoms with van der Waals surface area (Å²) in [6, 6.07) is 5.59. The van der Waals surface area contributed by atoms with Gasteiger partial charge in [-0.15, -0.1) is 0 Å². The molecule has 5 heteroatoms. The Kier molecular flexibility index (Phi) is 5.88. The first kappa shape index (κ1) is 16.1. The van der Waals surface area contributed by atoms with Crippen molar-refractivity contribution >= 4 is 17.5 Å². The highest BCUT2D eigenvalue weighted by Gasteiger charge is 2.24. The van der Waals surface area contributed by atoms with Crippen molar-refractivity contribution in [3.63, 3.8) is 0 Å². The van der Waals surface area contributed by atoms with Crippen molar-refractivity contribution in [2.75, 3.05) is 26.2 Å². The van der Waals surface area contributed by atoms with E-state index >= 15 is 0 Å². The van der Waals surface area contributed by atoms with Gasteiger partial charge in [0.1, 0.15) is 5.75 Å². The van der Waals surface area contributed by atoms with E-state index in [0.717, 1.165) is 42.3 Å². The van der Waals surface area contributed by atoms with E-state index in [-0.39, 0.29) is 5.91 Å². The number of nitrogens with zero attached hydrogens (tertiary/aromatic N) is 1. The number of nitrogens with two attached hydrogens (primary N) is 1. The summed E-state index contributed by atoms with van der Waals surface area (Å²) in [4.78, 5) is 13.9. The summed E-state index contributed by atoms with van der Waals surface area (Å²) in [5.41, 5.74) is 6.63. The zero-order valence-corrected chi connectivity index (χ0v) is 13.2. The number of benzene rings is 1. The Balaban J connectivity index is 1.67. The fourth-order valence-electron chi connectivity index (χ4n) is 2.53. The molecule has 0 bridgehead atoms. The number of amides is 1. The Morgan fingerprint density at radius 2 is 2.33 bits per heavy atom. The first-order valence-electron chi connectivity index (χ1n) is 7.47. The quantitative estimate of drug-likeness (QED) is 0.822. The van der Waals surface area contributed by atoms with Crippen molar-refractivity contribution in [1.82, 2.24) is 4.90 Å². The highest BCUT2D eigenvalue weighted by Crippen LogP contribution is 2.21. The molecule has 1 aliphatic rings. The van der Waals surface area contributed by atoms with Crippen LogP contribution in [0.3, 0.4) is 0 Å². The van der Waals surface area contributed by atoms with Gasteiger partial charge in [-0.2, -0.15) is 0 Å². The van der Waals surface area contributed by atoms with Crippen LogP contribution in [0.15, 0.2) is 18.2 Å². The average Bonchev–Trinajstić information content (AvgIpc) is 2.96. The summed E-state index contributed by atoms with van der Waals surface area (Å²) in [5, 5.41) is 0.737. The van der Waals surface area contributed by atoms with E-state index in [0.29, 0.717) is 25.5 Å². The van der Waals surface area contributed by atoms with Crippen molar-refractivity contribution in [3.05, 3.63) is 28.8 Å². The molecule has 0 unspecified atom stereocenters. The Morgan fingerprint density at radius 1 is 1.52 bits per heavy atom. The van der Waals surface area contributed by atoms with Gasteiger partial charge in [0, 0.05) is 24.5 Å². The lowest BCUT2D eigenvalue weighted by atomic mass is 10.1. The van der Waals surface area contributed by atoms with Crippen LogP contribution in [0.4, 0.5) is 0 Å². The summed E-state index contributed by atoms with van der Waals surface area (Å²) in [7, 11) is 0. The van der Waals surface area contributed by atoms with Crippen molar-refractivity contribution < 1.29 is 9.53 Å².